The Morgan fingerprint density at radius 1 is 1.10 bits per heavy atom. The van der Waals surface area contributed by atoms with Crippen molar-refractivity contribution in [1.82, 2.24) is 14.7 Å². The van der Waals surface area contributed by atoms with E-state index in [1.54, 1.807) is 48.1 Å². The van der Waals surface area contributed by atoms with Crippen LogP contribution in [-0.4, -0.2) is 40.1 Å². The molecule has 0 saturated carbocycles. The highest BCUT2D eigenvalue weighted by Gasteiger charge is 2.28. The lowest BCUT2D eigenvalue weighted by molar-refractivity contribution is -0.116. The Balaban J connectivity index is 1.54. The van der Waals surface area contributed by atoms with Gasteiger partial charge in [0, 0.05) is 29.0 Å². The monoisotopic (exact) mass is 440 g/mol. The Kier molecular flexibility index (Phi) is 6.04. The van der Waals surface area contributed by atoms with Gasteiger partial charge >= 0.3 is 0 Å². The third-order valence-corrected chi connectivity index (χ3v) is 5.56. The first kappa shape index (κ1) is 21.1. The third-order valence-electron chi connectivity index (χ3n) is 5.31. The zero-order valence-electron chi connectivity index (χ0n) is 17.1. The van der Waals surface area contributed by atoms with Crippen molar-refractivity contribution in [1.29, 1.82) is 0 Å². The highest BCUT2D eigenvalue weighted by atomic mass is 35.5. The standard InChI is InChI=1S/C23H22ClFN4O2/c1-28(14-21(30)26-17-10-6-15(24)7-11-17)23(31)22-19-4-2-3-5-20(19)29(27-22)18-12-8-16(25)9-13-18/h6-13H,2-5,14H2,1H3,(H,26,30). The number of nitrogens with one attached hydrogen (secondary N) is 1. The molecule has 1 aromatic heterocycles. The number of benzene rings is 2. The number of hydrogen-bond donors (Lipinski definition) is 1. The van der Waals surface area contributed by atoms with Crippen molar-refractivity contribution >= 4 is 29.1 Å². The zero-order valence-corrected chi connectivity index (χ0v) is 17.8. The predicted octanol–water partition coefficient (Wildman–Crippen LogP) is 4.25. The van der Waals surface area contributed by atoms with Crippen LogP contribution in [0.2, 0.25) is 5.02 Å². The molecule has 1 heterocycles. The molecule has 8 heteroatoms. The second-order valence-electron chi connectivity index (χ2n) is 7.59. The highest BCUT2D eigenvalue weighted by molar-refractivity contribution is 6.30. The summed E-state index contributed by atoms with van der Waals surface area (Å²) in [5.74, 6) is -0.956. The summed E-state index contributed by atoms with van der Waals surface area (Å²) >= 11 is 5.86. The minimum atomic E-state index is -0.326. The number of amides is 2. The van der Waals surface area contributed by atoms with Gasteiger partial charge in [-0.05, 0) is 74.2 Å². The van der Waals surface area contributed by atoms with Gasteiger partial charge in [0.15, 0.2) is 5.69 Å². The first-order valence-electron chi connectivity index (χ1n) is 10.1. The molecule has 160 valence electrons. The van der Waals surface area contributed by atoms with Crippen LogP contribution in [0.5, 0.6) is 0 Å². The van der Waals surface area contributed by atoms with Gasteiger partial charge < -0.3 is 10.2 Å². The van der Waals surface area contributed by atoms with Gasteiger partial charge in [0.2, 0.25) is 5.91 Å². The van der Waals surface area contributed by atoms with Crippen molar-refractivity contribution < 1.29 is 14.0 Å². The maximum Gasteiger partial charge on any atom is 0.274 e. The van der Waals surface area contributed by atoms with Crippen LogP contribution < -0.4 is 5.32 Å². The number of halogens is 2. The van der Waals surface area contributed by atoms with Crippen molar-refractivity contribution in [2.75, 3.05) is 18.9 Å². The van der Waals surface area contributed by atoms with E-state index in [4.69, 9.17) is 11.6 Å². The van der Waals surface area contributed by atoms with E-state index in [2.05, 4.69) is 10.4 Å². The molecule has 0 atom stereocenters. The SMILES string of the molecule is CN(CC(=O)Nc1ccc(Cl)cc1)C(=O)c1nn(-c2ccc(F)cc2)c2c1CCCC2. The summed E-state index contributed by atoms with van der Waals surface area (Å²) < 4.78 is 15.1. The highest BCUT2D eigenvalue weighted by Crippen LogP contribution is 2.27. The molecular formula is C23H22ClFN4O2. The smallest absolute Gasteiger partial charge is 0.274 e. The Morgan fingerprint density at radius 3 is 2.48 bits per heavy atom. The number of aromatic nitrogens is 2. The summed E-state index contributed by atoms with van der Waals surface area (Å²) in [6, 6.07) is 12.8. The molecule has 2 amide bonds. The number of carbonyl (C=O) groups is 2. The largest absolute Gasteiger partial charge is 0.331 e. The van der Waals surface area contributed by atoms with Gasteiger partial charge in [-0.1, -0.05) is 11.6 Å². The Bertz CT molecular complexity index is 1110. The molecule has 0 unspecified atom stereocenters. The molecule has 0 spiro atoms. The first-order chi connectivity index (χ1) is 14.9. The van der Waals surface area contributed by atoms with Gasteiger partial charge in [-0.15, -0.1) is 0 Å². The lowest BCUT2D eigenvalue weighted by Crippen LogP contribution is -2.35. The molecular weight excluding hydrogens is 419 g/mol. The van der Waals surface area contributed by atoms with Gasteiger partial charge in [0.05, 0.1) is 12.2 Å². The molecule has 1 aliphatic rings. The van der Waals surface area contributed by atoms with Crippen LogP contribution >= 0.6 is 11.6 Å². The number of hydrogen-bond acceptors (Lipinski definition) is 3. The molecule has 0 bridgehead atoms. The van der Waals surface area contributed by atoms with E-state index >= 15 is 0 Å². The van der Waals surface area contributed by atoms with Crippen molar-refractivity contribution in [3.05, 3.63) is 76.3 Å². The average Bonchev–Trinajstić information content (AvgIpc) is 3.15. The fourth-order valence-corrected chi connectivity index (χ4v) is 3.89. The summed E-state index contributed by atoms with van der Waals surface area (Å²) in [5.41, 5.74) is 3.54. The molecule has 0 aliphatic heterocycles. The van der Waals surface area contributed by atoms with Gasteiger partial charge in [0.25, 0.3) is 5.91 Å². The van der Waals surface area contributed by atoms with Crippen molar-refractivity contribution in [3.8, 4) is 5.69 Å². The quantitative estimate of drug-likeness (QED) is 0.644. The fourth-order valence-electron chi connectivity index (χ4n) is 3.77. The minimum absolute atomic E-state index is 0.111. The number of nitrogens with zero attached hydrogens (tertiary/aromatic N) is 3. The van der Waals surface area contributed by atoms with Gasteiger partial charge in [-0.25, -0.2) is 9.07 Å². The predicted molar refractivity (Wildman–Crippen MR) is 117 cm³/mol. The van der Waals surface area contributed by atoms with Gasteiger partial charge in [0.1, 0.15) is 5.82 Å². The second kappa shape index (κ2) is 8.89. The van der Waals surface area contributed by atoms with Crippen molar-refractivity contribution in [2.24, 2.45) is 0 Å². The van der Waals surface area contributed by atoms with E-state index in [1.807, 2.05) is 0 Å². The van der Waals surface area contributed by atoms with Crippen LogP contribution in [-0.2, 0) is 17.6 Å². The van der Waals surface area contributed by atoms with Gasteiger partial charge in [-0.3, -0.25) is 9.59 Å². The molecule has 4 rings (SSSR count). The van der Waals surface area contributed by atoms with Crippen LogP contribution in [0.3, 0.4) is 0 Å². The van der Waals surface area contributed by atoms with Crippen molar-refractivity contribution in [3.63, 3.8) is 0 Å². The third kappa shape index (κ3) is 4.61. The number of rotatable bonds is 5. The van der Waals surface area contributed by atoms with Gasteiger partial charge in [-0.2, -0.15) is 5.10 Å². The number of fused-ring (bicyclic) bond motifs is 1. The minimum Gasteiger partial charge on any atom is -0.331 e. The van der Waals surface area contributed by atoms with Crippen LogP contribution in [0.15, 0.2) is 48.5 Å². The summed E-state index contributed by atoms with van der Waals surface area (Å²) in [4.78, 5) is 26.9. The number of likely N-dealkylation sites (N-methyl/N-ethyl adjacent to an activating group) is 1. The Morgan fingerprint density at radius 2 is 1.77 bits per heavy atom. The molecule has 1 aliphatic carbocycles. The van der Waals surface area contributed by atoms with E-state index in [0.29, 0.717) is 22.1 Å². The lowest BCUT2D eigenvalue weighted by Gasteiger charge is -2.17. The molecule has 2 aromatic carbocycles. The first-order valence-corrected chi connectivity index (χ1v) is 10.5. The van der Waals surface area contributed by atoms with E-state index in [0.717, 1.165) is 36.9 Å². The molecule has 0 saturated heterocycles. The van der Waals surface area contributed by atoms with Crippen LogP contribution in [0.25, 0.3) is 5.69 Å². The Hall–Kier alpha value is -3.19. The van der Waals surface area contributed by atoms with Crippen molar-refractivity contribution in [2.45, 2.75) is 25.7 Å². The van der Waals surface area contributed by atoms with Crippen LogP contribution in [0.4, 0.5) is 10.1 Å². The topological polar surface area (TPSA) is 67.2 Å². The Labute approximate surface area is 184 Å². The summed E-state index contributed by atoms with van der Waals surface area (Å²) in [5, 5.41) is 7.90. The van der Waals surface area contributed by atoms with E-state index in [1.165, 1.54) is 17.0 Å². The molecule has 0 fully saturated rings. The lowest BCUT2D eigenvalue weighted by atomic mass is 9.95. The van der Waals surface area contributed by atoms with E-state index in [9.17, 15) is 14.0 Å². The zero-order chi connectivity index (χ0) is 22.0. The average molecular weight is 441 g/mol. The molecule has 3 aromatic rings. The molecule has 1 N–H and O–H groups in total. The second-order valence-corrected chi connectivity index (χ2v) is 8.02. The number of carbonyl (C=O) groups excluding carboxylic acids is 2. The normalized spacial score (nSPS) is 12.9. The molecule has 31 heavy (non-hydrogen) atoms. The maximum absolute atomic E-state index is 13.3. The molecule has 6 nitrogen and oxygen atoms in total. The van der Waals surface area contributed by atoms with E-state index < -0.39 is 0 Å². The fraction of sp³-hybridized carbons (Fsp3) is 0.261. The summed E-state index contributed by atoms with van der Waals surface area (Å²) in [6.07, 6.45) is 3.53. The van der Waals surface area contributed by atoms with E-state index in [-0.39, 0.29) is 24.2 Å². The summed E-state index contributed by atoms with van der Waals surface area (Å²) in [7, 11) is 1.58. The van der Waals surface area contributed by atoms with Crippen LogP contribution in [0, 0.1) is 5.82 Å². The molecule has 0 radical (unpaired) electrons. The van der Waals surface area contributed by atoms with Crippen LogP contribution in [0.1, 0.15) is 34.6 Å². The maximum atomic E-state index is 13.3. The number of anilines is 1. The summed E-state index contributed by atoms with van der Waals surface area (Å²) in [6.45, 7) is -0.111.